The molecule has 5 heteroatoms. The van der Waals surface area contributed by atoms with Gasteiger partial charge in [-0.15, -0.1) is 0 Å². The topological polar surface area (TPSA) is 49.6 Å². The normalized spacial score (nSPS) is 19.8. The summed E-state index contributed by atoms with van der Waals surface area (Å²) in [5.74, 6) is 0.522. The van der Waals surface area contributed by atoms with Crippen LogP contribution in [0.2, 0.25) is 0 Å². The van der Waals surface area contributed by atoms with Crippen LogP contribution in [0.5, 0.6) is 0 Å². The molecule has 4 rings (SSSR count). The lowest BCUT2D eigenvalue weighted by Crippen LogP contribution is -2.47. The molecule has 1 aliphatic carbocycles. The molecule has 1 saturated heterocycles. The van der Waals surface area contributed by atoms with Crippen molar-refractivity contribution in [3.05, 3.63) is 24.3 Å². The molecule has 1 amide bonds. The van der Waals surface area contributed by atoms with Gasteiger partial charge in [-0.05, 0) is 44.7 Å². The summed E-state index contributed by atoms with van der Waals surface area (Å²) in [6, 6.07) is 9.03. The second kappa shape index (κ2) is 7.68. The number of aromatic nitrogens is 1. The number of fused-ring (bicyclic) bond motifs is 1. The molecule has 2 aliphatic rings. The van der Waals surface area contributed by atoms with E-state index in [1.165, 1.54) is 32.1 Å². The van der Waals surface area contributed by atoms with Gasteiger partial charge in [0.1, 0.15) is 5.52 Å². The molecule has 5 nitrogen and oxygen atoms in total. The fourth-order valence-corrected chi connectivity index (χ4v) is 4.53. The van der Waals surface area contributed by atoms with Gasteiger partial charge in [-0.3, -0.25) is 4.79 Å². The Bertz CT molecular complexity index is 710. The first kappa shape index (κ1) is 17.4. The molecule has 0 bridgehead atoms. The molecule has 140 valence electrons. The largest absolute Gasteiger partial charge is 0.423 e. The number of hydrogen-bond donors (Lipinski definition) is 0. The third-order valence-electron chi connectivity index (χ3n) is 6.04. The van der Waals surface area contributed by atoms with E-state index >= 15 is 0 Å². The van der Waals surface area contributed by atoms with E-state index < -0.39 is 0 Å². The van der Waals surface area contributed by atoms with E-state index in [1.807, 2.05) is 24.3 Å². The van der Waals surface area contributed by atoms with Gasteiger partial charge in [0.15, 0.2) is 5.58 Å². The first-order valence-corrected chi connectivity index (χ1v) is 10.2. The van der Waals surface area contributed by atoms with Gasteiger partial charge in [0.2, 0.25) is 5.91 Å². The van der Waals surface area contributed by atoms with Crippen molar-refractivity contribution in [3.63, 3.8) is 0 Å². The number of para-hydroxylation sites is 2. The molecular formula is C21H29N3O2. The first-order chi connectivity index (χ1) is 12.8. The van der Waals surface area contributed by atoms with E-state index in [0.29, 0.717) is 18.0 Å². The number of nitrogens with zero attached hydrogens (tertiary/aromatic N) is 3. The Labute approximate surface area is 155 Å². The predicted molar refractivity (Wildman–Crippen MR) is 103 cm³/mol. The van der Waals surface area contributed by atoms with Crippen LogP contribution in [-0.2, 0) is 4.79 Å². The van der Waals surface area contributed by atoms with E-state index in [-0.39, 0.29) is 5.92 Å². The molecule has 2 heterocycles. The van der Waals surface area contributed by atoms with Crippen LogP contribution in [0.3, 0.4) is 0 Å². The van der Waals surface area contributed by atoms with E-state index in [9.17, 15) is 4.79 Å². The quantitative estimate of drug-likeness (QED) is 0.824. The van der Waals surface area contributed by atoms with Crippen LogP contribution in [0.25, 0.3) is 11.1 Å². The highest BCUT2D eigenvalue weighted by Gasteiger charge is 2.32. The summed E-state index contributed by atoms with van der Waals surface area (Å²) < 4.78 is 5.89. The summed E-state index contributed by atoms with van der Waals surface area (Å²) in [6.07, 6.45) is 8.00. The fraction of sp³-hybridized carbons (Fsp3) is 0.619. The molecule has 1 aliphatic heterocycles. The summed E-state index contributed by atoms with van der Waals surface area (Å²) in [7, 11) is 0. The third-order valence-corrected chi connectivity index (χ3v) is 6.04. The highest BCUT2D eigenvalue weighted by Crippen LogP contribution is 2.29. The number of rotatable bonds is 4. The molecule has 2 aromatic rings. The fourth-order valence-electron chi connectivity index (χ4n) is 4.53. The number of oxazole rings is 1. The van der Waals surface area contributed by atoms with Gasteiger partial charge in [0.05, 0.1) is 0 Å². The molecule has 0 atom stereocenters. The Balaban J connectivity index is 1.38. The smallest absolute Gasteiger partial charge is 0.298 e. The van der Waals surface area contributed by atoms with Crippen LogP contribution in [0.15, 0.2) is 28.7 Å². The Morgan fingerprint density at radius 3 is 2.58 bits per heavy atom. The predicted octanol–water partition coefficient (Wildman–Crippen LogP) is 4.23. The highest BCUT2D eigenvalue weighted by molar-refractivity contribution is 5.79. The molecule has 0 N–H and O–H groups in total. The number of carbonyl (C=O) groups is 1. The van der Waals surface area contributed by atoms with Crippen LogP contribution in [0.4, 0.5) is 6.01 Å². The molecular weight excluding hydrogens is 326 g/mol. The minimum Gasteiger partial charge on any atom is -0.423 e. The van der Waals surface area contributed by atoms with Gasteiger partial charge >= 0.3 is 0 Å². The molecule has 1 saturated carbocycles. The zero-order valence-electron chi connectivity index (χ0n) is 15.7. The number of carbonyl (C=O) groups excluding carboxylic acids is 1. The lowest BCUT2D eigenvalue weighted by molar-refractivity contribution is -0.139. The number of amides is 1. The maximum Gasteiger partial charge on any atom is 0.298 e. The van der Waals surface area contributed by atoms with Crippen molar-refractivity contribution < 1.29 is 9.21 Å². The van der Waals surface area contributed by atoms with Crippen LogP contribution in [0, 0.1) is 5.92 Å². The SMILES string of the molecule is CCN(C(=O)C1CCN(c2nc3ccccc3o2)CC1)C1CCCCC1. The molecule has 1 aromatic carbocycles. The third kappa shape index (κ3) is 3.44. The average Bonchev–Trinajstić information content (AvgIpc) is 3.14. The average molecular weight is 355 g/mol. The molecule has 0 radical (unpaired) electrons. The van der Waals surface area contributed by atoms with Gasteiger partial charge in [0, 0.05) is 31.6 Å². The summed E-state index contributed by atoms with van der Waals surface area (Å²) >= 11 is 0. The zero-order valence-corrected chi connectivity index (χ0v) is 15.7. The second-order valence-electron chi connectivity index (χ2n) is 7.64. The summed E-state index contributed by atoms with van der Waals surface area (Å²) in [5.41, 5.74) is 1.73. The van der Waals surface area contributed by atoms with Crippen molar-refractivity contribution in [1.82, 2.24) is 9.88 Å². The van der Waals surface area contributed by atoms with Crippen LogP contribution in [0.1, 0.15) is 51.9 Å². The summed E-state index contributed by atoms with van der Waals surface area (Å²) in [5, 5.41) is 0. The van der Waals surface area contributed by atoms with Crippen molar-refractivity contribution in [2.24, 2.45) is 5.92 Å². The van der Waals surface area contributed by atoms with E-state index in [2.05, 4.69) is 21.7 Å². The Morgan fingerprint density at radius 1 is 1.15 bits per heavy atom. The molecule has 1 aromatic heterocycles. The lowest BCUT2D eigenvalue weighted by Gasteiger charge is -2.38. The highest BCUT2D eigenvalue weighted by atomic mass is 16.4. The molecule has 0 spiro atoms. The Morgan fingerprint density at radius 2 is 1.88 bits per heavy atom. The first-order valence-electron chi connectivity index (χ1n) is 10.2. The maximum absolute atomic E-state index is 13.1. The number of hydrogen-bond acceptors (Lipinski definition) is 4. The monoisotopic (exact) mass is 355 g/mol. The number of benzene rings is 1. The Kier molecular flexibility index (Phi) is 5.14. The van der Waals surface area contributed by atoms with Crippen molar-refractivity contribution >= 4 is 23.0 Å². The second-order valence-corrected chi connectivity index (χ2v) is 7.64. The van der Waals surface area contributed by atoms with Crippen molar-refractivity contribution in [3.8, 4) is 0 Å². The summed E-state index contributed by atoms with van der Waals surface area (Å²) in [6.45, 7) is 4.64. The minimum absolute atomic E-state index is 0.150. The Hall–Kier alpha value is -2.04. The van der Waals surface area contributed by atoms with Gasteiger partial charge in [-0.1, -0.05) is 31.4 Å². The van der Waals surface area contributed by atoms with Gasteiger partial charge < -0.3 is 14.2 Å². The van der Waals surface area contributed by atoms with Gasteiger partial charge in [-0.2, -0.15) is 4.98 Å². The maximum atomic E-state index is 13.1. The van der Waals surface area contributed by atoms with Crippen molar-refractivity contribution in [2.75, 3.05) is 24.5 Å². The van der Waals surface area contributed by atoms with Crippen LogP contribution in [-0.4, -0.2) is 41.5 Å². The zero-order chi connectivity index (χ0) is 17.9. The van der Waals surface area contributed by atoms with Gasteiger partial charge in [-0.25, -0.2) is 0 Å². The standard InChI is InChI=1S/C21H29N3O2/c1-2-24(17-8-4-3-5-9-17)20(25)16-12-14-23(15-13-16)21-22-18-10-6-7-11-19(18)26-21/h6-7,10-11,16-17H,2-5,8-9,12-15H2,1H3. The van der Waals surface area contributed by atoms with Crippen molar-refractivity contribution in [1.29, 1.82) is 0 Å². The number of anilines is 1. The lowest BCUT2D eigenvalue weighted by atomic mass is 9.90. The summed E-state index contributed by atoms with van der Waals surface area (Å²) in [4.78, 5) is 22.0. The van der Waals surface area contributed by atoms with E-state index in [1.54, 1.807) is 0 Å². The minimum atomic E-state index is 0.150. The van der Waals surface area contributed by atoms with Gasteiger partial charge in [0.25, 0.3) is 6.01 Å². The van der Waals surface area contributed by atoms with Crippen LogP contribution >= 0.6 is 0 Å². The van der Waals surface area contributed by atoms with Crippen molar-refractivity contribution in [2.45, 2.75) is 57.9 Å². The van der Waals surface area contributed by atoms with Crippen LogP contribution < -0.4 is 4.90 Å². The molecule has 0 unspecified atom stereocenters. The molecule has 26 heavy (non-hydrogen) atoms. The number of piperidine rings is 1. The molecule has 2 fully saturated rings. The van der Waals surface area contributed by atoms with E-state index in [4.69, 9.17) is 4.42 Å². The van der Waals surface area contributed by atoms with E-state index in [0.717, 1.165) is 43.6 Å².